The molecule has 2 N–H and O–H groups in total. The van der Waals surface area contributed by atoms with Crippen molar-refractivity contribution in [2.45, 2.75) is 85.0 Å². The standard InChI is InChI=1S/C24H34N4O2/c1-9-16(10-2)21-27-19(13-25)22(30-21)28-26-14-15-11-17(23(3,4)5)20(29)18(12-15)24(6,7)8/h11-12,14,16,28-29H,9-10H2,1-8H3. The molecule has 2 aromatic rings. The van der Waals surface area contributed by atoms with Crippen LogP contribution in [-0.4, -0.2) is 16.3 Å². The summed E-state index contributed by atoms with van der Waals surface area (Å²) in [6.07, 6.45) is 3.46. The highest BCUT2D eigenvalue weighted by Crippen LogP contribution is 2.39. The van der Waals surface area contributed by atoms with Gasteiger partial charge in [0.15, 0.2) is 0 Å². The predicted octanol–water partition coefficient (Wildman–Crippen LogP) is 6.20. The van der Waals surface area contributed by atoms with Crippen LogP contribution in [0.25, 0.3) is 0 Å². The van der Waals surface area contributed by atoms with Crippen LogP contribution in [0.5, 0.6) is 5.75 Å². The number of anilines is 1. The van der Waals surface area contributed by atoms with Crippen LogP contribution in [0.4, 0.5) is 5.88 Å². The Kier molecular flexibility index (Phi) is 6.97. The maximum atomic E-state index is 10.8. The lowest BCUT2D eigenvalue weighted by atomic mass is 9.78. The van der Waals surface area contributed by atoms with E-state index in [1.54, 1.807) is 6.21 Å². The number of benzene rings is 1. The molecule has 0 saturated carbocycles. The molecule has 0 spiro atoms. The van der Waals surface area contributed by atoms with E-state index in [-0.39, 0.29) is 28.3 Å². The van der Waals surface area contributed by atoms with Crippen LogP contribution >= 0.6 is 0 Å². The Labute approximate surface area is 180 Å². The third-order valence-corrected chi connectivity index (χ3v) is 5.21. The molecule has 30 heavy (non-hydrogen) atoms. The summed E-state index contributed by atoms with van der Waals surface area (Å²) in [4.78, 5) is 4.30. The Bertz CT molecular complexity index is 914. The number of hydrazone groups is 1. The van der Waals surface area contributed by atoms with Gasteiger partial charge in [-0.25, -0.2) is 10.4 Å². The van der Waals surface area contributed by atoms with Crippen LogP contribution in [-0.2, 0) is 10.8 Å². The van der Waals surface area contributed by atoms with Crippen molar-refractivity contribution in [2.75, 3.05) is 5.43 Å². The van der Waals surface area contributed by atoms with Gasteiger partial charge < -0.3 is 9.52 Å². The molecule has 1 heterocycles. The summed E-state index contributed by atoms with van der Waals surface area (Å²) in [6.45, 7) is 16.6. The molecule has 0 aliphatic carbocycles. The smallest absolute Gasteiger partial charge is 0.252 e. The van der Waals surface area contributed by atoms with E-state index in [2.05, 4.69) is 77.0 Å². The van der Waals surface area contributed by atoms with E-state index in [0.717, 1.165) is 29.5 Å². The summed E-state index contributed by atoms with van der Waals surface area (Å²) in [5.74, 6) is 1.32. The second-order valence-corrected chi connectivity index (χ2v) is 9.69. The van der Waals surface area contributed by atoms with Gasteiger partial charge in [-0.3, -0.25) is 0 Å². The van der Waals surface area contributed by atoms with E-state index in [4.69, 9.17) is 4.42 Å². The number of nitrogens with zero attached hydrogens (tertiary/aromatic N) is 3. The number of phenolic OH excluding ortho intramolecular Hbond substituents is 1. The van der Waals surface area contributed by atoms with Crippen LogP contribution < -0.4 is 5.43 Å². The molecule has 2 rings (SSSR count). The van der Waals surface area contributed by atoms with Gasteiger partial charge in [0.05, 0.1) is 6.21 Å². The topological polar surface area (TPSA) is 94.4 Å². The fourth-order valence-corrected chi connectivity index (χ4v) is 3.34. The highest BCUT2D eigenvalue weighted by atomic mass is 16.4. The molecule has 0 radical (unpaired) electrons. The van der Waals surface area contributed by atoms with Gasteiger partial charge in [0.25, 0.3) is 5.88 Å². The minimum absolute atomic E-state index is 0.178. The van der Waals surface area contributed by atoms with Crippen molar-refractivity contribution in [1.82, 2.24) is 4.98 Å². The zero-order valence-corrected chi connectivity index (χ0v) is 19.4. The first-order valence-electron chi connectivity index (χ1n) is 10.5. The molecule has 1 aromatic carbocycles. The molecule has 0 aliphatic rings. The molecule has 162 valence electrons. The molecule has 0 amide bonds. The van der Waals surface area contributed by atoms with Crippen LogP contribution in [0.1, 0.15) is 102 Å². The van der Waals surface area contributed by atoms with Gasteiger partial charge in [0.2, 0.25) is 11.6 Å². The lowest BCUT2D eigenvalue weighted by Gasteiger charge is -2.27. The summed E-state index contributed by atoms with van der Waals surface area (Å²) < 4.78 is 5.76. The number of rotatable bonds is 6. The molecular formula is C24H34N4O2. The fraction of sp³-hybridized carbons (Fsp3) is 0.542. The summed E-state index contributed by atoms with van der Waals surface area (Å²) >= 11 is 0. The summed E-state index contributed by atoms with van der Waals surface area (Å²) in [5.41, 5.74) is 5.17. The van der Waals surface area contributed by atoms with E-state index in [1.165, 1.54) is 0 Å². The summed E-state index contributed by atoms with van der Waals surface area (Å²) in [5, 5.41) is 24.5. The SMILES string of the molecule is CCC(CC)c1nc(C#N)c(NN=Cc2cc(C(C)(C)C)c(O)c(C(C)(C)C)c2)o1. The fourth-order valence-electron chi connectivity index (χ4n) is 3.34. The number of aromatic hydroxyl groups is 1. The Hall–Kier alpha value is -2.81. The Morgan fingerprint density at radius 2 is 1.67 bits per heavy atom. The maximum absolute atomic E-state index is 10.8. The number of hydrogen-bond acceptors (Lipinski definition) is 6. The van der Waals surface area contributed by atoms with Crippen molar-refractivity contribution in [3.05, 3.63) is 40.4 Å². The first-order chi connectivity index (χ1) is 13.9. The van der Waals surface area contributed by atoms with Crippen LogP contribution in [0.15, 0.2) is 21.7 Å². The van der Waals surface area contributed by atoms with E-state index in [9.17, 15) is 10.4 Å². The number of oxazole rings is 1. The second kappa shape index (κ2) is 8.91. The first-order valence-corrected chi connectivity index (χ1v) is 10.5. The number of phenols is 1. The van der Waals surface area contributed by atoms with Crippen molar-refractivity contribution >= 4 is 12.1 Å². The summed E-state index contributed by atoms with van der Waals surface area (Å²) in [6, 6.07) is 5.94. The van der Waals surface area contributed by atoms with Crippen LogP contribution in [0.3, 0.4) is 0 Å². The number of aromatic nitrogens is 1. The largest absolute Gasteiger partial charge is 0.507 e. The molecule has 0 atom stereocenters. The molecule has 0 aliphatic heterocycles. The first kappa shape index (κ1) is 23.5. The average Bonchev–Trinajstić information content (AvgIpc) is 3.05. The third kappa shape index (κ3) is 5.21. The molecule has 6 heteroatoms. The van der Waals surface area contributed by atoms with Gasteiger partial charge in [-0.15, -0.1) is 0 Å². The van der Waals surface area contributed by atoms with Gasteiger partial charge in [-0.2, -0.15) is 10.4 Å². The van der Waals surface area contributed by atoms with Gasteiger partial charge in [0.1, 0.15) is 11.8 Å². The lowest BCUT2D eigenvalue weighted by molar-refractivity contribution is 0.423. The number of hydrogen-bond donors (Lipinski definition) is 2. The Morgan fingerprint density at radius 1 is 1.13 bits per heavy atom. The second-order valence-electron chi connectivity index (χ2n) is 9.69. The number of nitrogens with one attached hydrogen (secondary N) is 1. The Morgan fingerprint density at radius 3 is 2.10 bits per heavy atom. The molecule has 1 aromatic heterocycles. The van der Waals surface area contributed by atoms with Gasteiger partial charge in [-0.05, 0) is 41.4 Å². The minimum atomic E-state index is -0.218. The van der Waals surface area contributed by atoms with Crippen LogP contribution in [0.2, 0.25) is 0 Å². The van der Waals surface area contributed by atoms with Crippen molar-refractivity contribution in [1.29, 1.82) is 5.26 Å². The molecule has 0 unspecified atom stereocenters. The van der Waals surface area contributed by atoms with Crippen molar-refractivity contribution in [2.24, 2.45) is 5.10 Å². The predicted molar refractivity (Wildman–Crippen MR) is 121 cm³/mol. The van der Waals surface area contributed by atoms with Crippen molar-refractivity contribution in [3.63, 3.8) is 0 Å². The van der Waals surface area contributed by atoms with Crippen LogP contribution in [0, 0.1) is 11.3 Å². The van der Waals surface area contributed by atoms with Crippen molar-refractivity contribution in [3.8, 4) is 11.8 Å². The maximum Gasteiger partial charge on any atom is 0.252 e. The Balaban J connectivity index is 2.38. The number of nitriles is 1. The molecular weight excluding hydrogens is 376 g/mol. The van der Waals surface area contributed by atoms with Crippen molar-refractivity contribution < 1.29 is 9.52 Å². The molecule has 0 saturated heterocycles. The van der Waals surface area contributed by atoms with Gasteiger partial charge >= 0.3 is 0 Å². The third-order valence-electron chi connectivity index (χ3n) is 5.21. The highest BCUT2D eigenvalue weighted by Gasteiger charge is 2.26. The minimum Gasteiger partial charge on any atom is -0.507 e. The lowest BCUT2D eigenvalue weighted by Crippen LogP contribution is -2.17. The van der Waals surface area contributed by atoms with E-state index in [1.807, 2.05) is 12.1 Å². The zero-order valence-electron chi connectivity index (χ0n) is 19.4. The van der Waals surface area contributed by atoms with E-state index < -0.39 is 0 Å². The van der Waals surface area contributed by atoms with Gasteiger partial charge in [0, 0.05) is 17.0 Å². The molecule has 0 fully saturated rings. The van der Waals surface area contributed by atoms with E-state index in [0.29, 0.717) is 11.6 Å². The zero-order chi connectivity index (χ0) is 22.7. The monoisotopic (exact) mass is 410 g/mol. The molecule has 0 bridgehead atoms. The van der Waals surface area contributed by atoms with E-state index >= 15 is 0 Å². The molecule has 6 nitrogen and oxygen atoms in total. The highest BCUT2D eigenvalue weighted by molar-refractivity contribution is 5.82. The summed E-state index contributed by atoms with van der Waals surface area (Å²) in [7, 11) is 0. The quantitative estimate of drug-likeness (QED) is 0.437. The average molecular weight is 411 g/mol. The normalized spacial score (nSPS) is 12.5. The van der Waals surface area contributed by atoms with Gasteiger partial charge in [-0.1, -0.05) is 55.4 Å².